The monoisotopic (exact) mass is 448 g/mol. The van der Waals surface area contributed by atoms with Crippen molar-refractivity contribution in [3.8, 4) is 0 Å². The van der Waals surface area contributed by atoms with Gasteiger partial charge in [0, 0.05) is 26.2 Å². The van der Waals surface area contributed by atoms with Crippen LogP contribution in [0.2, 0.25) is 0 Å². The molecule has 2 fully saturated rings. The molecule has 2 aromatic rings. The molecule has 2 aliphatic rings. The lowest BCUT2D eigenvalue weighted by Crippen LogP contribution is -2.44. The number of fused-ring (bicyclic) bond motifs is 1. The number of aryl methyl sites for hydroxylation is 1. The Morgan fingerprint density at radius 1 is 1.06 bits per heavy atom. The van der Waals surface area contributed by atoms with Crippen LogP contribution >= 0.6 is 0 Å². The lowest BCUT2D eigenvalue weighted by Gasteiger charge is -2.22. The number of sulfonamides is 1. The van der Waals surface area contributed by atoms with Crippen molar-refractivity contribution in [3.05, 3.63) is 39.0 Å². The van der Waals surface area contributed by atoms with Crippen LogP contribution < -0.4 is 16.0 Å². The molecule has 1 aliphatic heterocycles. The summed E-state index contributed by atoms with van der Waals surface area (Å²) in [6, 6.07) is 4.08. The maximum Gasteiger partial charge on any atom is 0.331 e. The molecule has 1 aromatic heterocycles. The predicted molar refractivity (Wildman–Crippen MR) is 116 cm³/mol. The molecule has 1 saturated carbocycles. The van der Waals surface area contributed by atoms with Gasteiger partial charge in [-0.15, -0.1) is 0 Å². The number of aromatic nitrogens is 2. The van der Waals surface area contributed by atoms with Gasteiger partial charge in [-0.25, -0.2) is 17.9 Å². The number of nitrogens with zero attached hydrogens (tertiary/aromatic N) is 3. The van der Waals surface area contributed by atoms with E-state index in [-0.39, 0.29) is 28.8 Å². The van der Waals surface area contributed by atoms with Crippen molar-refractivity contribution in [3.63, 3.8) is 0 Å². The summed E-state index contributed by atoms with van der Waals surface area (Å²) >= 11 is 0. The minimum absolute atomic E-state index is 0.0151. The van der Waals surface area contributed by atoms with Gasteiger partial charge in [-0.05, 0) is 43.9 Å². The molecule has 1 N–H and O–H groups in total. The zero-order valence-corrected chi connectivity index (χ0v) is 18.5. The first kappa shape index (κ1) is 21.8. The first-order valence-corrected chi connectivity index (χ1v) is 12.3. The van der Waals surface area contributed by atoms with Crippen LogP contribution in [0.4, 0.5) is 0 Å². The van der Waals surface area contributed by atoms with E-state index in [9.17, 15) is 22.8 Å². The fraction of sp³-hybridized carbons (Fsp3) is 0.571. The molecule has 10 heteroatoms. The molecule has 9 nitrogen and oxygen atoms in total. The summed E-state index contributed by atoms with van der Waals surface area (Å²) in [5.41, 5.74) is -0.919. The lowest BCUT2D eigenvalue weighted by atomic mass is 9.96. The number of hydrogen-bond acceptors (Lipinski definition) is 5. The maximum absolute atomic E-state index is 13.1. The van der Waals surface area contributed by atoms with Gasteiger partial charge in [0.2, 0.25) is 15.9 Å². The third kappa shape index (κ3) is 4.31. The number of amides is 1. The van der Waals surface area contributed by atoms with Gasteiger partial charge in [0.1, 0.15) is 6.54 Å². The summed E-state index contributed by atoms with van der Waals surface area (Å²) in [6.07, 6.45) is 6.50. The number of benzene rings is 1. The minimum atomic E-state index is -3.80. The molecule has 31 heavy (non-hydrogen) atoms. The van der Waals surface area contributed by atoms with E-state index in [2.05, 4.69) is 4.72 Å². The Kier molecular flexibility index (Phi) is 6.02. The zero-order valence-electron chi connectivity index (χ0n) is 17.7. The third-order valence-corrected chi connectivity index (χ3v) is 7.83. The van der Waals surface area contributed by atoms with E-state index in [0.29, 0.717) is 18.6 Å². The van der Waals surface area contributed by atoms with Crippen molar-refractivity contribution in [1.29, 1.82) is 0 Å². The second-order valence-corrected chi connectivity index (χ2v) is 10.2. The van der Waals surface area contributed by atoms with E-state index in [4.69, 9.17) is 0 Å². The Hall–Kier alpha value is -2.46. The van der Waals surface area contributed by atoms with Crippen LogP contribution in [-0.4, -0.2) is 47.5 Å². The van der Waals surface area contributed by atoms with Crippen LogP contribution in [0.5, 0.6) is 0 Å². The van der Waals surface area contributed by atoms with Gasteiger partial charge in [-0.3, -0.25) is 18.7 Å². The second kappa shape index (κ2) is 8.58. The van der Waals surface area contributed by atoms with Crippen LogP contribution in [0.15, 0.2) is 32.7 Å². The van der Waals surface area contributed by atoms with Gasteiger partial charge < -0.3 is 4.90 Å². The van der Waals surface area contributed by atoms with E-state index in [1.807, 2.05) is 0 Å². The summed E-state index contributed by atoms with van der Waals surface area (Å²) in [5, 5.41) is 0.0999. The topological polar surface area (TPSA) is 110 Å². The number of nitrogens with one attached hydrogen (secondary N) is 1. The van der Waals surface area contributed by atoms with Gasteiger partial charge in [0.25, 0.3) is 5.56 Å². The van der Waals surface area contributed by atoms with E-state index < -0.39 is 21.3 Å². The first-order chi connectivity index (χ1) is 14.8. The van der Waals surface area contributed by atoms with Crippen LogP contribution in [0.3, 0.4) is 0 Å². The molecule has 1 amide bonds. The van der Waals surface area contributed by atoms with Crippen molar-refractivity contribution < 1.29 is 13.2 Å². The number of hydrogen-bond donors (Lipinski definition) is 1. The first-order valence-electron chi connectivity index (χ1n) is 10.8. The molecular formula is C21H28N4O5S. The van der Waals surface area contributed by atoms with Gasteiger partial charge in [0.05, 0.1) is 15.8 Å². The molecule has 0 spiro atoms. The summed E-state index contributed by atoms with van der Waals surface area (Å²) in [5.74, 6) is -0.279. The highest BCUT2D eigenvalue weighted by molar-refractivity contribution is 7.89. The Morgan fingerprint density at radius 3 is 2.42 bits per heavy atom. The number of rotatable bonds is 5. The predicted octanol–water partition coefficient (Wildman–Crippen LogP) is 0.934. The molecule has 0 bridgehead atoms. The Labute approximate surface area is 180 Å². The van der Waals surface area contributed by atoms with Crippen molar-refractivity contribution in [2.24, 2.45) is 7.05 Å². The molecule has 4 rings (SSSR count). The van der Waals surface area contributed by atoms with E-state index in [1.165, 1.54) is 29.8 Å². The standard InChI is InChI=1S/C21H28N4O5S/c1-23-18-10-9-16(31(29,30)22-15-7-3-2-4-8-15)13-17(18)20(27)25(21(23)28)14-19(26)24-11-5-6-12-24/h9-10,13,15,22H,2-8,11-12,14H2,1H3. The molecule has 0 radical (unpaired) electrons. The summed E-state index contributed by atoms with van der Waals surface area (Å²) in [4.78, 5) is 40.0. The zero-order chi connectivity index (χ0) is 22.2. The summed E-state index contributed by atoms with van der Waals surface area (Å²) < 4.78 is 30.7. The van der Waals surface area contributed by atoms with Gasteiger partial charge in [0.15, 0.2) is 0 Å². The van der Waals surface area contributed by atoms with Crippen molar-refractivity contribution in [2.75, 3.05) is 13.1 Å². The smallest absolute Gasteiger partial charge is 0.331 e. The van der Waals surface area contributed by atoms with E-state index in [0.717, 1.165) is 49.5 Å². The van der Waals surface area contributed by atoms with Crippen molar-refractivity contribution >= 4 is 26.8 Å². The quantitative estimate of drug-likeness (QED) is 0.732. The van der Waals surface area contributed by atoms with Crippen LogP contribution in [0.1, 0.15) is 44.9 Å². The van der Waals surface area contributed by atoms with Crippen molar-refractivity contribution in [2.45, 2.75) is 62.4 Å². The lowest BCUT2D eigenvalue weighted by molar-refractivity contribution is -0.130. The normalized spacial score (nSPS) is 18.0. The molecule has 1 aromatic carbocycles. The van der Waals surface area contributed by atoms with E-state index >= 15 is 0 Å². The molecule has 168 valence electrons. The highest BCUT2D eigenvalue weighted by Gasteiger charge is 2.24. The third-order valence-electron chi connectivity index (χ3n) is 6.31. The number of carbonyl (C=O) groups excluding carboxylic acids is 1. The van der Waals surface area contributed by atoms with Crippen LogP contribution in [0.25, 0.3) is 10.9 Å². The van der Waals surface area contributed by atoms with Crippen molar-refractivity contribution in [1.82, 2.24) is 18.8 Å². The molecule has 2 heterocycles. The SMILES string of the molecule is Cn1c(=O)n(CC(=O)N2CCCC2)c(=O)c2cc(S(=O)(=O)NC3CCCCC3)ccc21. The Bertz CT molecular complexity index is 1220. The van der Waals surface area contributed by atoms with Crippen LogP contribution in [0, 0.1) is 0 Å². The highest BCUT2D eigenvalue weighted by Crippen LogP contribution is 2.21. The molecule has 0 unspecified atom stereocenters. The average Bonchev–Trinajstić information content (AvgIpc) is 3.30. The van der Waals surface area contributed by atoms with Gasteiger partial charge >= 0.3 is 5.69 Å². The molecule has 0 atom stereocenters. The summed E-state index contributed by atoms with van der Waals surface area (Å²) in [7, 11) is -2.29. The Morgan fingerprint density at radius 2 is 1.74 bits per heavy atom. The fourth-order valence-electron chi connectivity index (χ4n) is 4.51. The van der Waals surface area contributed by atoms with Crippen LogP contribution in [-0.2, 0) is 28.4 Å². The molecule has 1 saturated heterocycles. The van der Waals surface area contributed by atoms with Gasteiger partial charge in [-0.2, -0.15) is 0 Å². The Balaban J connectivity index is 1.72. The van der Waals surface area contributed by atoms with E-state index in [1.54, 1.807) is 4.90 Å². The maximum atomic E-state index is 13.1. The van der Waals surface area contributed by atoms with Gasteiger partial charge in [-0.1, -0.05) is 19.3 Å². The molecular weight excluding hydrogens is 420 g/mol. The highest BCUT2D eigenvalue weighted by atomic mass is 32.2. The average molecular weight is 449 g/mol. The summed E-state index contributed by atoms with van der Waals surface area (Å²) in [6.45, 7) is 0.895. The molecule has 1 aliphatic carbocycles. The number of carbonyl (C=O) groups is 1. The second-order valence-electron chi connectivity index (χ2n) is 8.46. The number of likely N-dealkylation sites (tertiary alicyclic amines) is 1. The minimum Gasteiger partial charge on any atom is -0.341 e. The fourth-order valence-corrected chi connectivity index (χ4v) is 5.84. The largest absolute Gasteiger partial charge is 0.341 e.